The minimum absolute atomic E-state index is 0.131. The van der Waals surface area contributed by atoms with Crippen LogP contribution in [0, 0.1) is 0 Å². The number of cyclic esters (lactones) is 1. The predicted octanol–water partition coefficient (Wildman–Crippen LogP) is 3.62. The van der Waals surface area contributed by atoms with Crippen LogP contribution >= 0.6 is 0 Å². The molecular weight excluding hydrogens is 455 g/mol. The van der Waals surface area contributed by atoms with Crippen LogP contribution in [0.15, 0.2) is 59.8 Å². The molecule has 2 aliphatic heterocycles. The number of rotatable bonds is 6. The van der Waals surface area contributed by atoms with E-state index in [9.17, 15) is 27.6 Å². The first-order valence-electron chi connectivity index (χ1n) is 10.4. The Kier molecular flexibility index (Phi) is 6.18. The monoisotopic (exact) mass is 475 g/mol. The van der Waals surface area contributed by atoms with Gasteiger partial charge in [0.05, 0.1) is 29.5 Å². The Morgan fingerprint density at radius 2 is 1.88 bits per heavy atom. The number of hydrogen-bond acceptors (Lipinski definition) is 5. The number of esters is 1. The second-order valence-electron chi connectivity index (χ2n) is 7.50. The first kappa shape index (κ1) is 23.1. The van der Waals surface area contributed by atoms with Gasteiger partial charge in [0.15, 0.2) is 0 Å². The van der Waals surface area contributed by atoms with E-state index in [0.717, 1.165) is 29.2 Å². The maximum absolute atomic E-state index is 12.9. The lowest BCUT2D eigenvalue weighted by Gasteiger charge is -2.33. The van der Waals surface area contributed by atoms with Gasteiger partial charge in [-0.3, -0.25) is 9.69 Å². The largest absolute Gasteiger partial charge is 0.494 e. The van der Waals surface area contributed by atoms with Gasteiger partial charge in [0.25, 0.3) is 0 Å². The molecule has 0 aliphatic carbocycles. The highest BCUT2D eigenvalue weighted by atomic mass is 19.4. The van der Waals surface area contributed by atoms with Gasteiger partial charge in [0, 0.05) is 11.3 Å². The number of ether oxygens (including phenoxy) is 2. The van der Waals surface area contributed by atoms with Crippen LogP contribution in [0.25, 0.3) is 0 Å². The number of nitrogens with one attached hydrogen (secondary N) is 2. The van der Waals surface area contributed by atoms with E-state index in [1.807, 2.05) is 6.92 Å². The molecule has 8 nitrogen and oxygen atoms in total. The van der Waals surface area contributed by atoms with E-state index in [2.05, 4.69) is 10.6 Å². The zero-order valence-corrected chi connectivity index (χ0v) is 17.9. The van der Waals surface area contributed by atoms with E-state index < -0.39 is 42.2 Å². The maximum atomic E-state index is 12.9. The smallest absolute Gasteiger partial charge is 0.416 e. The Balaban J connectivity index is 1.56. The van der Waals surface area contributed by atoms with Crippen LogP contribution in [-0.2, 0) is 20.5 Å². The number of para-hydroxylation sites is 1. The van der Waals surface area contributed by atoms with Gasteiger partial charge in [-0.1, -0.05) is 18.2 Å². The van der Waals surface area contributed by atoms with Gasteiger partial charge in [-0.25, -0.2) is 9.59 Å². The van der Waals surface area contributed by atoms with E-state index in [0.29, 0.717) is 17.9 Å². The van der Waals surface area contributed by atoms with E-state index in [1.165, 1.54) is 0 Å². The maximum Gasteiger partial charge on any atom is 0.416 e. The zero-order valence-electron chi connectivity index (χ0n) is 17.9. The van der Waals surface area contributed by atoms with Crippen LogP contribution in [0.1, 0.15) is 24.1 Å². The minimum atomic E-state index is -4.50. The highest BCUT2D eigenvalue weighted by molar-refractivity contribution is 6.00. The third-order valence-corrected chi connectivity index (χ3v) is 5.33. The second kappa shape index (κ2) is 9.08. The molecule has 0 radical (unpaired) electrons. The number of benzene rings is 2. The molecule has 2 aromatic rings. The molecule has 11 heteroatoms. The highest BCUT2D eigenvalue weighted by Crippen LogP contribution is 2.38. The molecule has 3 amide bonds. The Hall–Kier alpha value is -4.02. The third kappa shape index (κ3) is 4.54. The van der Waals surface area contributed by atoms with Crippen molar-refractivity contribution < 1.29 is 37.0 Å². The number of urea groups is 1. The first-order chi connectivity index (χ1) is 16.2. The molecule has 0 saturated heterocycles. The molecule has 2 N–H and O–H groups in total. The van der Waals surface area contributed by atoms with E-state index in [1.54, 1.807) is 24.3 Å². The summed E-state index contributed by atoms with van der Waals surface area (Å²) in [6.07, 6.45) is -4.50. The van der Waals surface area contributed by atoms with Gasteiger partial charge in [-0.05, 0) is 37.3 Å². The van der Waals surface area contributed by atoms with Crippen molar-refractivity contribution in [1.82, 2.24) is 10.2 Å². The van der Waals surface area contributed by atoms with Crippen LogP contribution in [0.5, 0.6) is 5.75 Å². The lowest BCUT2D eigenvalue weighted by Crippen LogP contribution is -2.49. The molecule has 0 fully saturated rings. The van der Waals surface area contributed by atoms with Gasteiger partial charge in [0.1, 0.15) is 18.9 Å². The van der Waals surface area contributed by atoms with Crippen molar-refractivity contribution in [2.45, 2.75) is 19.1 Å². The highest BCUT2D eigenvalue weighted by Gasteiger charge is 2.43. The standard InChI is InChI=1S/C23H20F3N3O5/c1-2-33-17-6-4-3-5-15(17)20-19-16(12-34-21(19)31)29(22(32)28-20)11-18(30)27-14-9-7-13(8-10-14)23(24,25)26/h3-10,20H,2,11-12H2,1H3,(H,27,30)(H,28,32)/t20-/m0/s1. The Bertz CT molecular complexity index is 1160. The van der Waals surface area contributed by atoms with Crippen LogP contribution < -0.4 is 15.4 Å². The predicted molar refractivity (Wildman–Crippen MR) is 114 cm³/mol. The summed E-state index contributed by atoms with van der Waals surface area (Å²) in [5, 5.41) is 5.17. The molecule has 178 valence electrons. The fourth-order valence-corrected chi connectivity index (χ4v) is 3.80. The third-order valence-electron chi connectivity index (χ3n) is 5.33. The van der Waals surface area contributed by atoms with Crippen molar-refractivity contribution >= 4 is 23.6 Å². The molecule has 2 aliphatic rings. The molecule has 0 saturated carbocycles. The minimum Gasteiger partial charge on any atom is -0.494 e. The molecule has 34 heavy (non-hydrogen) atoms. The Labute approximate surface area is 192 Å². The fourth-order valence-electron chi connectivity index (χ4n) is 3.80. The Morgan fingerprint density at radius 1 is 1.18 bits per heavy atom. The summed E-state index contributed by atoms with van der Waals surface area (Å²) >= 11 is 0. The molecule has 0 bridgehead atoms. The SMILES string of the molecule is CCOc1ccccc1[C@@H]1NC(=O)N(CC(=O)Nc2ccc(C(F)(F)F)cc2)C2=C1C(=O)OC2. The van der Waals surface area contributed by atoms with Crippen molar-refractivity contribution in [1.29, 1.82) is 0 Å². The van der Waals surface area contributed by atoms with Crippen LogP contribution in [0.4, 0.5) is 23.7 Å². The number of halogens is 3. The van der Waals surface area contributed by atoms with Gasteiger partial charge in [0.2, 0.25) is 5.91 Å². The average molecular weight is 475 g/mol. The number of nitrogens with zero attached hydrogens (tertiary/aromatic N) is 1. The number of alkyl halides is 3. The fraction of sp³-hybridized carbons (Fsp3) is 0.261. The Morgan fingerprint density at radius 3 is 2.56 bits per heavy atom. The summed E-state index contributed by atoms with van der Waals surface area (Å²) in [5.74, 6) is -0.788. The lowest BCUT2D eigenvalue weighted by molar-refractivity contribution is -0.138. The lowest BCUT2D eigenvalue weighted by atomic mass is 9.95. The first-order valence-corrected chi connectivity index (χ1v) is 10.4. The molecule has 0 spiro atoms. The number of amides is 3. The molecule has 1 atom stereocenters. The molecule has 2 aromatic carbocycles. The van der Waals surface area contributed by atoms with Crippen LogP contribution in [0.2, 0.25) is 0 Å². The van der Waals surface area contributed by atoms with Crippen molar-refractivity contribution in [2.75, 3.05) is 25.1 Å². The van der Waals surface area contributed by atoms with Crippen molar-refractivity contribution in [3.8, 4) is 5.75 Å². The topological polar surface area (TPSA) is 97.0 Å². The van der Waals surface area contributed by atoms with Crippen molar-refractivity contribution in [2.24, 2.45) is 0 Å². The van der Waals surface area contributed by atoms with E-state index >= 15 is 0 Å². The van der Waals surface area contributed by atoms with Crippen molar-refractivity contribution in [3.63, 3.8) is 0 Å². The molecule has 2 heterocycles. The van der Waals surface area contributed by atoms with Gasteiger partial charge in [-0.15, -0.1) is 0 Å². The molecule has 0 aromatic heterocycles. The van der Waals surface area contributed by atoms with Gasteiger partial charge < -0.3 is 20.1 Å². The number of carbonyl (C=O) groups is 3. The molecular formula is C23H20F3N3O5. The summed E-state index contributed by atoms with van der Waals surface area (Å²) in [6.45, 7) is 1.52. The van der Waals surface area contributed by atoms with Gasteiger partial charge in [-0.2, -0.15) is 13.2 Å². The molecule has 4 rings (SSSR count). The molecule has 0 unspecified atom stereocenters. The number of hydrogen-bond donors (Lipinski definition) is 2. The zero-order chi connectivity index (χ0) is 24.5. The second-order valence-corrected chi connectivity index (χ2v) is 7.50. The van der Waals surface area contributed by atoms with Crippen LogP contribution in [-0.4, -0.2) is 42.6 Å². The van der Waals surface area contributed by atoms with Crippen LogP contribution in [0.3, 0.4) is 0 Å². The van der Waals surface area contributed by atoms with Crippen molar-refractivity contribution in [3.05, 3.63) is 70.9 Å². The quantitative estimate of drug-likeness (QED) is 0.623. The van der Waals surface area contributed by atoms with E-state index in [-0.39, 0.29) is 23.6 Å². The summed E-state index contributed by atoms with van der Waals surface area (Å²) < 4.78 is 48.9. The normalized spacial score (nSPS) is 17.8. The number of anilines is 1. The average Bonchev–Trinajstić information content (AvgIpc) is 3.17. The van der Waals surface area contributed by atoms with Gasteiger partial charge >= 0.3 is 18.2 Å². The number of carbonyl (C=O) groups excluding carboxylic acids is 3. The summed E-state index contributed by atoms with van der Waals surface area (Å²) in [6, 6.07) is 9.41. The summed E-state index contributed by atoms with van der Waals surface area (Å²) in [4.78, 5) is 39.0. The summed E-state index contributed by atoms with van der Waals surface area (Å²) in [5.41, 5.74) is 0.280. The van der Waals surface area contributed by atoms with E-state index in [4.69, 9.17) is 9.47 Å². The summed E-state index contributed by atoms with van der Waals surface area (Å²) in [7, 11) is 0.